The fourth-order valence-corrected chi connectivity index (χ4v) is 3.62. The second-order valence-electron chi connectivity index (χ2n) is 7.23. The largest absolute Gasteiger partial charge is 0.497 e. The van der Waals surface area contributed by atoms with Gasteiger partial charge in [-0.3, -0.25) is 9.59 Å². The second-order valence-corrected chi connectivity index (χ2v) is 7.23. The highest BCUT2D eigenvalue weighted by molar-refractivity contribution is 6.34. The van der Waals surface area contributed by atoms with E-state index in [2.05, 4.69) is 0 Å². The molecule has 0 N–H and O–H groups in total. The van der Waals surface area contributed by atoms with Crippen LogP contribution in [0.1, 0.15) is 31.1 Å². The van der Waals surface area contributed by atoms with E-state index in [1.807, 2.05) is 0 Å². The molecule has 3 aromatic carbocycles. The molecule has 5 rings (SSSR count). The normalized spacial score (nSPS) is 12.7. The zero-order valence-electron chi connectivity index (χ0n) is 17.2. The number of anilines is 1. The first-order chi connectivity index (χ1) is 16.0. The van der Waals surface area contributed by atoms with Gasteiger partial charge in [-0.1, -0.05) is 12.1 Å². The zero-order valence-corrected chi connectivity index (χ0v) is 17.2. The van der Waals surface area contributed by atoms with E-state index < -0.39 is 23.4 Å². The molecular formula is C25H15NO7. The summed E-state index contributed by atoms with van der Waals surface area (Å²) < 4.78 is 15.6. The number of carbonyl (C=O) groups is 3. The Morgan fingerprint density at radius 3 is 2.09 bits per heavy atom. The van der Waals surface area contributed by atoms with Crippen LogP contribution in [0.25, 0.3) is 11.0 Å². The van der Waals surface area contributed by atoms with E-state index in [-0.39, 0.29) is 11.3 Å². The summed E-state index contributed by atoms with van der Waals surface area (Å²) in [6.07, 6.45) is 0. The molecule has 162 valence electrons. The van der Waals surface area contributed by atoms with Crippen molar-refractivity contribution in [3.8, 4) is 11.5 Å². The van der Waals surface area contributed by atoms with Crippen LogP contribution < -0.4 is 20.0 Å². The minimum absolute atomic E-state index is 0.130. The summed E-state index contributed by atoms with van der Waals surface area (Å²) in [7, 11) is 1.50. The monoisotopic (exact) mass is 441 g/mol. The molecule has 4 aromatic rings. The molecule has 33 heavy (non-hydrogen) atoms. The standard InChI is InChI=1S/C25H15NO7/c1-31-17-10-11-21-14(12-17)13-20(25(30)33-21)24(29)32-16-8-6-15(7-9-16)26-22(27)18-4-2-3-5-19(18)23(26)28/h2-13H,1H3. The number of ether oxygens (including phenoxy) is 2. The Labute approximate surface area is 186 Å². The molecule has 0 radical (unpaired) electrons. The molecule has 0 atom stereocenters. The molecule has 0 saturated carbocycles. The van der Waals surface area contributed by atoms with Crippen LogP contribution in [0, 0.1) is 0 Å². The smallest absolute Gasteiger partial charge is 0.351 e. The van der Waals surface area contributed by atoms with Crippen molar-refractivity contribution in [2.24, 2.45) is 0 Å². The van der Waals surface area contributed by atoms with E-state index in [0.717, 1.165) is 4.90 Å². The van der Waals surface area contributed by atoms with Crippen LogP contribution in [0.5, 0.6) is 11.5 Å². The lowest BCUT2D eigenvalue weighted by molar-refractivity contribution is 0.0729. The molecule has 0 spiro atoms. The molecule has 8 heteroatoms. The Morgan fingerprint density at radius 1 is 0.818 bits per heavy atom. The average Bonchev–Trinajstić information content (AvgIpc) is 3.09. The van der Waals surface area contributed by atoms with Crippen molar-refractivity contribution in [2.75, 3.05) is 12.0 Å². The lowest BCUT2D eigenvalue weighted by atomic mass is 10.1. The number of rotatable bonds is 4. The number of carbonyl (C=O) groups excluding carboxylic acids is 3. The fraction of sp³-hybridized carbons (Fsp3) is 0.0400. The summed E-state index contributed by atoms with van der Waals surface area (Å²) in [6, 6.07) is 18.6. The highest BCUT2D eigenvalue weighted by Crippen LogP contribution is 2.29. The summed E-state index contributed by atoms with van der Waals surface area (Å²) in [5.41, 5.74) is 0.191. The van der Waals surface area contributed by atoms with E-state index in [1.54, 1.807) is 42.5 Å². The van der Waals surface area contributed by atoms with Gasteiger partial charge < -0.3 is 13.9 Å². The molecule has 1 aliphatic rings. The first-order valence-electron chi connectivity index (χ1n) is 9.88. The predicted octanol–water partition coefficient (Wildman–Crippen LogP) is 3.82. The third-order valence-electron chi connectivity index (χ3n) is 5.26. The van der Waals surface area contributed by atoms with E-state index in [1.165, 1.54) is 37.4 Å². The van der Waals surface area contributed by atoms with Gasteiger partial charge in [0.05, 0.1) is 23.9 Å². The number of benzene rings is 3. The molecule has 0 aliphatic carbocycles. The molecule has 0 saturated heterocycles. The lowest BCUT2D eigenvalue weighted by Crippen LogP contribution is -2.29. The molecule has 8 nitrogen and oxygen atoms in total. The summed E-state index contributed by atoms with van der Waals surface area (Å²) >= 11 is 0. The Balaban J connectivity index is 1.38. The summed E-state index contributed by atoms with van der Waals surface area (Å²) in [6.45, 7) is 0. The quantitative estimate of drug-likeness (QED) is 0.205. The molecule has 2 heterocycles. The van der Waals surface area contributed by atoms with Crippen molar-refractivity contribution in [2.45, 2.75) is 0 Å². The van der Waals surface area contributed by atoms with Gasteiger partial charge in [-0.15, -0.1) is 0 Å². The van der Waals surface area contributed by atoms with Gasteiger partial charge in [-0.05, 0) is 60.7 Å². The predicted molar refractivity (Wildman–Crippen MR) is 118 cm³/mol. The first-order valence-corrected chi connectivity index (χ1v) is 9.88. The minimum atomic E-state index is -0.901. The molecule has 2 amide bonds. The van der Waals surface area contributed by atoms with Crippen LogP contribution in [0.4, 0.5) is 5.69 Å². The minimum Gasteiger partial charge on any atom is -0.497 e. The number of hydrogen-bond acceptors (Lipinski definition) is 7. The third-order valence-corrected chi connectivity index (χ3v) is 5.26. The van der Waals surface area contributed by atoms with Gasteiger partial charge >= 0.3 is 11.6 Å². The van der Waals surface area contributed by atoms with Crippen LogP contribution in [0.2, 0.25) is 0 Å². The number of amides is 2. The number of hydrogen-bond donors (Lipinski definition) is 0. The van der Waals surface area contributed by atoms with E-state index >= 15 is 0 Å². The lowest BCUT2D eigenvalue weighted by Gasteiger charge is -2.14. The topological polar surface area (TPSA) is 103 Å². The van der Waals surface area contributed by atoms with Crippen LogP contribution >= 0.6 is 0 Å². The number of imide groups is 1. The maximum atomic E-state index is 12.6. The Hall–Kier alpha value is -4.72. The van der Waals surface area contributed by atoms with E-state index in [4.69, 9.17) is 13.9 Å². The van der Waals surface area contributed by atoms with E-state index in [9.17, 15) is 19.2 Å². The Bertz CT molecular complexity index is 1470. The van der Waals surface area contributed by atoms with Crippen molar-refractivity contribution >= 4 is 34.4 Å². The van der Waals surface area contributed by atoms with Crippen molar-refractivity contribution in [3.63, 3.8) is 0 Å². The average molecular weight is 441 g/mol. The molecule has 1 aromatic heterocycles. The van der Waals surface area contributed by atoms with Gasteiger partial charge in [-0.25, -0.2) is 14.5 Å². The summed E-state index contributed by atoms with van der Waals surface area (Å²) in [4.78, 5) is 51.1. The highest BCUT2D eigenvalue weighted by Gasteiger charge is 2.36. The van der Waals surface area contributed by atoms with Crippen LogP contribution in [0.15, 0.2) is 82.0 Å². The highest BCUT2D eigenvalue weighted by atomic mass is 16.5. The van der Waals surface area contributed by atoms with E-state index in [0.29, 0.717) is 33.5 Å². The maximum absolute atomic E-state index is 12.6. The van der Waals surface area contributed by atoms with Gasteiger partial charge in [0.1, 0.15) is 22.6 Å². The second kappa shape index (κ2) is 7.76. The van der Waals surface area contributed by atoms with Gasteiger partial charge in [0.2, 0.25) is 0 Å². The van der Waals surface area contributed by atoms with Crippen molar-refractivity contribution < 1.29 is 28.3 Å². The van der Waals surface area contributed by atoms with Gasteiger partial charge in [0.25, 0.3) is 11.8 Å². The van der Waals surface area contributed by atoms with Gasteiger partial charge in [0.15, 0.2) is 0 Å². The number of fused-ring (bicyclic) bond motifs is 2. The number of esters is 1. The molecule has 0 bridgehead atoms. The van der Waals surface area contributed by atoms with Crippen molar-refractivity contribution in [1.29, 1.82) is 0 Å². The van der Waals surface area contributed by atoms with Crippen LogP contribution in [-0.4, -0.2) is 24.9 Å². The summed E-state index contributed by atoms with van der Waals surface area (Å²) in [5.74, 6) is -1.08. The zero-order chi connectivity index (χ0) is 23.1. The third kappa shape index (κ3) is 3.43. The van der Waals surface area contributed by atoms with Crippen molar-refractivity contribution in [3.05, 3.63) is 99.9 Å². The molecule has 0 fully saturated rings. The molecule has 0 unspecified atom stereocenters. The Morgan fingerprint density at radius 2 is 1.45 bits per heavy atom. The fourth-order valence-electron chi connectivity index (χ4n) is 3.62. The SMILES string of the molecule is COc1ccc2oc(=O)c(C(=O)Oc3ccc(N4C(=O)c5ccccc5C4=O)cc3)cc2c1. The van der Waals surface area contributed by atoms with Crippen LogP contribution in [0.3, 0.4) is 0 Å². The van der Waals surface area contributed by atoms with Crippen LogP contribution in [-0.2, 0) is 0 Å². The van der Waals surface area contributed by atoms with Gasteiger partial charge in [-0.2, -0.15) is 0 Å². The Kier molecular flexibility index (Phi) is 4.75. The first kappa shape index (κ1) is 20.2. The number of nitrogens with zero attached hydrogens (tertiary/aromatic N) is 1. The number of methoxy groups -OCH3 is 1. The van der Waals surface area contributed by atoms with Crippen molar-refractivity contribution in [1.82, 2.24) is 0 Å². The molecular weight excluding hydrogens is 426 g/mol. The van der Waals surface area contributed by atoms with Gasteiger partial charge in [0, 0.05) is 5.39 Å². The summed E-state index contributed by atoms with van der Waals surface area (Å²) in [5, 5.41) is 0.502. The molecule has 1 aliphatic heterocycles. The maximum Gasteiger partial charge on any atom is 0.351 e.